The lowest BCUT2D eigenvalue weighted by Gasteiger charge is -2.26. The van der Waals surface area contributed by atoms with E-state index in [4.69, 9.17) is 4.42 Å². The van der Waals surface area contributed by atoms with Gasteiger partial charge in [0.25, 0.3) is 5.69 Å². The zero-order valence-corrected chi connectivity index (χ0v) is 20.3. The van der Waals surface area contributed by atoms with E-state index in [1.165, 1.54) is 24.8 Å². The summed E-state index contributed by atoms with van der Waals surface area (Å²) in [5, 5.41) is 18.5. The van der Waals surface area contributed by atoms with Gasteiger partial charge in [-0.15, -0.1) is 0 Å². The number of non-ortho nitro benzene ring substituents is 1. The normalized spacial score (nSPS) is 13.6. The molecular formula is C26H26N8O3. The van der Waals surface area contributed by atoms with Crippen molar-refractivity contribution in [1.29, 1.82) is 0 Å². The number of aromatic nitrogens is 3. The van der Waals surface area contributed by atoms with Gasteiger partial charge in [0, 0.05) is 36.5 Å². The van der Waals surface area contributed by atoms with Gasteiger partial charge in [-0.25, -0.2) is 5.43 Å². The molecule has 0 saturated carbocycles. The van der Waals surface area contributed by atoms with Crippen LogP contribution in [0.25, 0.3) is 11.3 Å². The number of nitro groups is 1. The molecule has 0 atom stereocenters. The van der Waals surface area contributed by atoms with Crippen molar-refractivity contribution in [3.63, 3.8) is 0 Å². The maximum Gasteiger partial charge on any atom is 0.269 e. The third-order valence-electron chi connectivity index (χ3n) is 5.96. The molecule has 2 N–H and O–H groups in total. The van der Waals surface area contributed by atoms with Crippen molar-refractivity contribution >= 4 is 35.4 Å². The quantitative estimate of drug-likeness (QED) is 0.183. The highest BCUT2D eigenvalue weighted by Gasteiger charge is 2.17. The summed E-state index contributed by atoms with van der Waals surface area (Å²) in [5.74, 6) is 2.43. The van der Waals surface area contributed by atoms with E-state index in [0.717, 1.165) is 42.7 Å². The fourth-order valence-electron chi connectivity index (χ4n) is 4.12. The van der Waals surface area contributed by atoms with Crippen LogP contribution in [-0.2, 0) is 0 Å². The van der Waals surface area contributed by atoms with Crippen molar-refractivity contribution in [2.45, 2.75) is 26.2 Å². The fourth-order valence-corrected chi connectivity index (χ4v) is 4.12. The highest BCUT2D eigenvalue weighted by Crippen LogP contribution is 2.28. The molecule has 3 heterocycles. The summed E-state index contributed by atoms with van der Waals surface area (Å²) in [4.78, 5) is 26.4. The summed E-state index contributed by atoms with van der Waals surface area (Å²) < 4.78 is 5.88. The minimum atomic E-state index is -0.415. The Balaban J connectivity index is 1.33. The third-order valence-corrected chi connectivity index (χ3v) is 5.96. The number of piperidine rings is 1. The Morgan fingerprint density at radius 2 is 1.78 bits per heavy atom. The minimum absolute atomic E-state index is 0.0428. The predicted octanol–water partition coefficient (Wildman–Crippen LogP) is 5.53. The lowest BCUT2D eigenvalue weighted by atomic mass is 10.1. The number of hydrazone groups is 1. The second-order valence-electron chi connectivity index (χ2n) is 8.65. The van der Waals surface area contributed by atoms with E-state index in [-0.39, 0.29) is 5.69 Å². The van der Waals surface area contributed by atoms with Gasteiger partial charge in [0.15, 0.2) is 0 Å². The van der Waals surface area contributed by atoms with Gasteiger partial charge in [0.1, 0.15) is 11.5 Å². The molecule has 1 aliphatic rings. The van der Waals surface area contributed by atoms with Crippen molar-refractivity contribution in [2.75, 3.05) is 28.7 Å². The van der Waals surface area contributed by atoms with Crippen LogP contribution in [0.1, 0.15) is 30.6 Å². The number of hydrogen-bond donors (Lipinski definition) is 2. The lowest BCUT2D eigenvalue weighted by molar-refractivity contribution is -0.384. The predicted molar refractivity (Wildman–Crippen MR) is 142 cm³/mol. The Hall–Kier alpha value is -4.80. The van der Waals surface area contributed by atoms with E-state index in [1.54, 1.807) is 18.2 Å². The monoisotopic (exact) mass is 498 g/mol. The van der Waals surface area contributed by atoms with Crippen LogP contribution in [0, 0.1) is 17.0 Å². The summed E-state index contributed by atoms with van der Waals surface area (Å²) in [5.41, 5.74) is 5.33. The first-order valence-electron chi connectivity index (χ1n) is 12.0. The average molecular weight is 499 g/mol. The number of anilines is 4. The molecule has 0 amide bonds. The summed E-state index contributed by atoms with van der Waals surface area (Å²) in [6, 6.07) is 17.9. The van der Waals surface area contributed by atoms with Crippen molar-refractivity contribution in [2.24, 2.45) is 5.10 Å². The molecule has 11 heteroatoms. The molecule has 1 saturated heterocycles. The summed E-state index contributed by atoms with van der Waals surface area (Å²) in [6.45, 7) is 3.60. The average Bonchev–Trinajstić information content (AvgIpc) is 3.38. The molecule has 0 aliphatic carbocycles. The van der Waals surface area contributed by atoms with E-state index in [9.17, 15) is 10.1 Å². The van der Waals surface area contributed by atoms with Crippen LogP contribution in [0.2, 0.25) is 0 Å². The lowest BCUT2D eigenvalue weighted by Crippen LogP contribution is -2.31. The van der Waals surface area contributed by atoms with Crippen LogP contribution in [0.3, 0.4) is 0 Å². The first-order chi connectivity index (χ1) is 18.0. The maximum atomic E-state index is 11.0. The number of nitro benzene ring substituents is 1. The molecule has 11 nitrogen and oxygen atoms in total. The maximum absolute atomic E-state index is 11.0. The van der Waals surface area contributed by atoms with Crippen molar-refractivity contribution in [1.82, 2.24) is 15.0 Å². The van der Waals surface area contributed by atoms with Crippen LogP contribution < -0.4 is 15.6 Å². The van der Waals surface area contributed by atoms with Crippen LogP contribution >= 0.6 is 0 Å². The third kappa shape index (κ3) is 5.89. The van der Waals surface area contributed by atoms with E-state index < -0.39 is 4.92 Å². The van der Waals surface area contributed by atoms with Gasteiger partial charge < -0.3 is 14.6 Å². The van der Waals surface area contributed by atoms with Crippen molar-refractivity contribution in [3.8, 4) is 11.3 Å². The first-order valence-corrected chi connectivity index (χ1v) is 12.0. The van der Waals surface area contributed by atoms with E-state index in [1.807, 2.05) is 37.3 Å². The second kappa shape index (κ2) is 10.9. The Morgan fingerprint density at radius 1 is 1.00 bits per heavy atom. The van der Waals surface area contributed by atoms with Crippen LogP contribution in [0.15, 0.2) is 70.2 Å². The highest BCUT2D eigenvalue weighted by atomic mass is 16.6. The van der Waals surface area contributed by atoms with Gasteiger partial charge in [-0.2, -0.15) is 20.1 Å². The molecule has 1 fully saturated rings. The molecule has 0 radical (unpaired) electrons. The van der Waals surface area contributed by atoms with Crippen LogP contribution in [-0.4, -0.2) is 39.2 Å². The van der Waals surface area contributed by atoms with E-state index >= 15 is 0 Å². The fraction of sp³-hybridized carbons (Fsp3) is 0.231. The highest BCUT2D eigenvalue weighted by molar-refractivity contribution is 5.78. The zero-order valence-electron chi connectivity index (χ0n) is 20.3. The van der Waals surface area contributed by atoms with E-state index in [2.05, 4.69) is 35.7 Å². The van der Waals surface area contributed by atoms with Gasteiger partial charge in [0.05, 0.1) is 11.1 Å². The molecule has 5 rings (SSSR count). The summed E-state index contributed by atoms with van der Waals surface area (Å²) in [7, 11) is 0. The van der Waals surface area contributed by atoms with Gasteiger partial charge in [-0.05, 0) is 62.1 Å². The Morgan fingerprint density at radius 3 is 2.54 bits per heavy atom. The van der Waals surface area contributed by atoms with Gasteiger partial charge >= 0.3 is 0 Å². The molecule has 0 bridgehead atoms. The van der Waals surface area contributed by atoms with Crippen LogP contribution in [0.5, 0.6) is 0 Å². The topological polar surface area (TPSA) is 135 Å². The summed E-state index contributed by atoms with van der Waals surface area (Å²) >= 11 is 0. The first kappa shape index (κ1) is 23.9. The van der Waals surface area contributed by atoms with Gasteiger partial charge in [0.2, 0.25) is 17.8 Å². The second-order valence-corrected chi connectivity index (χ2v) is 8.65. The largest absolute Gasteiger partial charge is 0.455 e. The Labute approximate surface area is 213 Å². The molecule has 1 aliphatic heterocycles. The molecule has 0 unspecified atom stereocenters. The molecule has 188 valence electrons. The number of benzene rings is 2. The van der Waals surface area contributed by atoms with Gasteiger partial charge in [-0.3, -0.25) is 10.1 Å². The zero-order chi connectivity index (χ0) is 25.6. The molecule has 2 aromatic carbocycles. The summed E-state index contributed by atoms with van der Waals surface area (Å²) in [6.07, 6.45) is 4.93. The number of aryl methyl sites for hydroxylation is 1. The number of nitrogens with one attached hydrogen (secondary N) is 2. The number of nitrogens with zero attached hydrogens (tertiary/aromatic N) is 6. The van der Waals surface area contributed by atoms with E-state index in [0.29, 0.717) is 29.4 Å². The molecule has 2 aromatic heterocycles. The Bertz CT molecular complexity index is 1410. The SMILES string of the molecule is Cc1cc([N+](=O)[O-])ccc1-c1ccc(/C=N\Nc2nc(Nc3ccccc3)nc(N3CCCCC3)n2)o1. The minimum Gasteiger partial charge on any atom is -0.455 e. The van der Waals surface area contributed by atoms with Crippen molar-refractivity contribution in [3.05, 3.63) is 82.1 Å². The number of furan rings is 1. The molecule has 37 heavy (non-hydrogen) atoms. The number of hydrogen-bond acceptors (Lipinski definition) is 10. The number of para-hydroxylation sites is 1. The standard InChI is InChI=1S/C26H26N8O3/c1-18-16-20(34(35)36)10-12-22(18)23-13-11-21(37-23)17-27-32-25-29-24(28-19-8-4-2-5-9-19)30-26(31-25)33-14-6-3-7-15-33/h2,4-5,8-13,16-17H,3,6-7,14-15H2,1H3,(H2,28,29,30,31,32)/b27-17-. The van der Waals surface area contributed by atoms with Crippen LogP contribution in [0.4, 0.5) is 29.2 Å². The molecular weight excluding hydrogens is 472 g/mol. The Kier molecular flexibility index (Phi) is 7.02. The molecule has 4 aromatic rings. The molecule has 0 spiro atoms. The van der Waals surface area contributed by atoms with Crippen molar-refractivity contribution < 1.29 is 9.34 Å². The smallest absolute Gasteiger partial charge is 0.269 e. The van der Waals surface area contributed by atoms with Gasteiger partial charge in [-0.1, -0.05) is 18.2 Å². The number of rotatable bonds is 8.